The summed E-state index contributed by atoms with van der Waals surface area (Å²) in [6.07, 6.45) is 8.16. The van der Waals surface area contributed by atoms with Crippen molar-refractivity contribution in [2.75, 3.05) is 0 Å². The Bertz CT molecular complexity index is 3130. The van der Waals surface area contributed by atoms with Gasteiger partial charge in [0.1, 0.15) is 11.2 Å². The third kappa shape index (κ3) is 5.94. The smallest absolute Gasteiger partial charge is 0.164 e. The Balaban J connectivity index is 1.13. The topological polar surface area (TPSA) is 51.8 Å². The minimum Gasteiger partial charge on any atom is -0.456 e. The minimum atomic E-state index is 0.625. The summed E-state index contributed by atoms with van der Waals surface area (Å²) >= 11 is 0. The van der Waals surface area contributed by atoms with Crippen molar-refractivity contribution in [3.8, 4) is 56.4 Å². The first kappa shape index (κ1) is 33.2. The average Bonchev–Trinajstić information content (AvgIpc) is 3.65. The van der Waals surface area contributed by atoms with Crippen molar-refractivity contribution in [3.63, 3.8) is 0 Å². The molecule has 0 aliphatic rings. The van der Waals surface area contributed by atoms with Crippen molar-refractivity contribution in [2.24, 2.45) is 0 Å². The maximum Gasteiger partial charge on any atom is 0.164 e. The fraction of sp³-hybridized carbons (Fsp3) is 0.0192. The number of furan rings is 1. The Morgan fingerprint density at radius 2 is 1.04 bits per heavy atom. The number of aromatic nitrogens is 3. The molecule has 0 aliphatic heterocycles. The summed E-state index contributed by atoms with van der Waals surface area (Å²) < 4.78 is 6.51. The molecule has 0 radical (unpaired) electrons. The number of fused-ring (bicyclic) bond motifs is 5. The van der Waals surface area contributed by atoms with Crippen LogP contribution in [0.15, 0.2) is 193 Å². The molecule has 4 nitrogen and oxygen atoms in total. The van der Waals surface area contributed by atoms with Crippen LogP contribution in [0.5, 0.6) is 0 Å². The van der Waals surface area contributed by atoms with Crippen molar-refractivity contribution < 1.29 is 4.42 Å². The number of allylic oxidation sites excluding steroid dienone is 3. The summed E-state index contributed by atoms with van der Waals surface area (Å²) in [5.41, 5.74) is 10.2. The molecule has 0 N–H and O–H groups in total. The van der Waals surface area contributed by atoms with Gasteiger partial charge in [-0.2, -0.15) is 0 Å². The molecular weight excluding hydrogens is 683 g/mol. The van der Waals surface area contributed by atoms with Crippen molar-refractivity contribution >= 4 is 49.6 Å². The van der Waals surface area contributed by atoms with Gasteiger partial charge in [0.25, 0.3) is 0 Å². The van der Waals surface area contributed by atoms with Gasteiger partial charge < -0.3 is 4.42 Å². The highest BCUT2D eigenvalue weighted by atomic mass is 16.3. The van der Waals surface area contributed by atoms with Gasteiger partial charge in [-0.1, -0.05) is 170 Å². The Morgan fingerprint density at radius 1 is 0.411 bits per heavy atom. The first-order chi connectivity index (χ1) is 27.7. The molecule has 0 atom stereocenters. The molecule has 0 unspecified atom stereocenters. The minimum absolute atomic E-state index is 0.625. The van der Waals surface area contributed by atoms with Crippen LogP contribution in [0.1, 0.15) is 12.5 Å². The largest absolute Gasteiger partial charge is 0.456 e. The molecule has 0 fully saturated rings. The van der Waals surface area contributed by atoms with Crippen molar-refractivity contribution in [1.82, 2.24) is 15.0 Å². The van der Waals surface area contributed by atoms with Crippen LogP contribution in [0.2, 0.25) is 0 Å². The lowest BCUT2D eigenvalue weighted by atomic mass is 9.91. The van der Waals surface area contributed by atoms with E-state index >= 15 is 0 Å². The molecule has 0 saturated carbocycles. The van der Waals surface area contributed by atoms with Crippen LogP contribution in [0.4, 0.5) is 0 Å². The van der Waals surface area contributed by atoms with E-state index < -0.39 is 0 Å². The highest BCUT2D eigenvalue weighted by Gasteiger charge is 2.19. The zero-order valence-electron chi connectivity index (χ0n) is 30.7. The fourth-order valence-electron chi connectivity index (χ4n) is 7.79. The van der Waals surface area contributed by atoms with E-state index in [-0.39, 0.29) is 0 Å². The van der Waals surface area contributed by atoms with Crippen LogP contribution < -0.4 is 0 Å². The normalized spacial score (nSPS) is 11.9. The van der Waals surface area contributed by atoms with Crippen LogP contribution in [0, 0.1) is 0 Å². The van der Waals surface area contributed by atoms with E-state index in [1.165, 1.54) is 16.3 Å². The molecule has 2 heterocycles. The van der Waals surface area contributed by atoms with E-state index in [1.807, 2.05) is 55.5 Å². The van der Waals surface area contributed by atoms with E-state index in [4.69, 9.17) is 19.4 Å². The van der Waals surface area contributed by atoms with Gasteiger partial charge in [0.2, 0.25) is 0 Å². The number of hydrogen-bond donors (Lipinski definition) is 0. The van der Waals surface area contributed by atoms with E-state index in [9.17, 15) is 0 Å². The maximum absolute atomic E-state index is 6.51. The van der Waals surface area contributed by atoms with Gasteiger partial charge in [0, 0.05) is 27.5 Å². The number of hydrogen-bond acceptors (Lipinski definition) is 4. The van der Waals surface area contributed by atoms with Crippen LogP contribution in [-0.4, -0.2) is 15.0 Å². The number of rotatable bonds is 7. The quantitative estimate of drug-likeness (QED) is 0.154. The Hall–Kier alpha value is -7.43. The molecule has 4 heteroatoms. The molecule has 10 aromatic rings. The Morgan fingerprint density at radius 3 is 1.84 bits per heavy atom. The first-order valence-electron chi connectivity index (χ1n) is 18.9. The van der Waals surface area contributed by atoms with Gasteiger partial charge in [-0.25, -0.2) is 15.0 Å². The first-order valence-corrected chi connectivity index (χ1v) is 18.9. The monoisotopic (exact) mass is 717 g/mol. The standard InChI is InChI=1S/C52H35N3O/c1-2-3-5-14-34-25-27-37(28-26-34)51-53-50(36-16-6-4-7-17-36)54-52(55-51)45-31-30-43(41-20-10-11-21-42(41)45)44-23-13-24-48-49(44)46-33-38(29-32-47(46)56-48)40-22-12-18-35-15-8-9-19-39(35)40/h2-33H,1H3/b3-2-,14-5-. The van der Waals surface area contributed by atoms with Crippen molar-refractivity contribution in [1.29, 1.82) is 0 Å². The molecule has 0 saturated heterocycles. The molecule has 0 bridgehead atoms. The van der Waals surface area contributed by atoms with Crippen LogP contribution in [0.3, 0.4) is 0 Å². The van der Waals surface area contributed by atoms with Gasteiger partial charge in [-0.05, 0) is 80.6 Å². The predicted molar refractivity (Wildman–Crippen MR) is 233 cm³/mol. The van der Waals surface area contributed by atoms with Gasteiger partial charge in [0.05, 0.1) is 0 Å². The van der Waals surface area contributed by atoms with Crippen LogP contribution in [-0.2, 0) is 0 Å². The zero-order chi connectivity index (χ0) is 37.4. The summed E-state index contributed by atoms with van der Waals surface area (Å²) in [5.74, 6) is 1.88. The van der Waals surface area contributed by atoms with E-state index in [0.29, 0.717) is 17.5 Å². The van der Waals surface area contributed by atoms with Crippen molar-refractivity contribution in [3.05, 3.63) is 194 Å². The lowest BCUT2D eigenvalue weighted by molar-refractivity contribution is 0.669. The molecule has 0 amide bonds. The highest BCUT2D eigenvalue weighted by molar-refractivity contribution is 6.17. The second kappa shape index (κ2) is 14.1. The zero-order valence-corrected chi connectivity index (χ0v) is 30.7. The van der Waals surface area contributed by atoms with Gasteiger partial charge in [-0.15, -0.1) is 0 Å². The molecule has 10 rings (SSSR count). The van der Waals surface area contributed by atoms with E-state index in [0.717, 1.165) is 71.7 Å². The SMILES string of the molecule is C/C=C\C=C/c1ccc(-c2nc(-c3ccccc3)nc(-c3ccc(-c4cccc5oc6ccc(-c7cccc8ccccc78)cc6c45)c4ccccc34)n2)cc1. The van der Waals surface area contributed by atoms with Gasteiger partial charge in [0.15, 0.2) is 17.5 Å². The average molecular weight is 718 g/mol. The molecule has 8 aromatic carbocycles. The second-order valence-electron chi connectivity index (χ2n) is 13.9. The summed E-state index contributed by atoms with van der Waals surface area (Å²) in [6.45, 7) is 2.01. The summed E-state index contributed by atoms with van der Waals surface area (Å²) in [4.78, 5) is 15.2. The third-order valence-corrected chi connectivity index (χ3v) is 10.5. The van der Waals surface area contributed by atoms with Crippen LogP contribution in [0.25, 0.3) is 106 Å². The maximum atomic E-state index is 6.51. The molecule has 0 aliphatic carbocycles. The third-order valence-electron chi connectivity index (χ3n) is 10.5. The summed E-state index contributed by atoms with van der Waals surface area (Å²) in [7, 11) is 0. The summed E-state index contributed by atoms with van der Waals surface area (Å²) in [5, 5.41) is 6.81. The Labute approximate surface area is 324 Å². The molecule has 2 aromatic heterocycles. The van der Waals surface area contributed by atoms with E-state index in [1.54, 1.807) is 0 Å². The second-order valence-corrected chi connectivity index (χ2v) is 13.9. The fourth-order valence-corrected chi connectivity index (χ4v) is 7.79. The van der Waals surface area contributed by atoms with Gasteiger partial charge in [-0.3, -0.25) is 0 Å². The molecule has 56 heavy (non-hydrogen) atoms. The Kier molecular flexibility index (Phi) is 8.34. The lowest BCUT2D eigenvalue weighted by Gasteiger charge is -2.14. The van der Waals surface area contributed by atoms with E-state index in [2.05, 4.69) is 146 Å². The summed E-state index contributed by atoms with van der Waals surface area (Å²) in [6, 6.07) is 59.3. The van der Waals surface area contributed by atoms with Gasteiger partial charge >= 0.3 is 0 Å². The molecular formula is C52H35N3O. The number of nitrogens with zero attached hydrogens (tertiary/aromatic N) is 3. The lowest BCUT2D eigenvalue weighted by Crippen LogP contribution is -2.00. The molecule has 264 valence electrons. The van der Waals surface area contributed by atoms with Crippen molar-refractivity contribution in [2.45, 2.75) is 6.92 Å². The predicted octanol–water partition coefficient (Wildman–Crippen LogP) is 14.0. The highest BCUT2D eigenvalue weighted by Crippen LogP contribution is 2.43. The number of benzene rings is 8. The van der Waals surface area contributed by atoms with Crippen LogP contribution >= 0.6 is 0 Å². The molecule has 0 spiro atoms.